The van der Waals surface area contributed by atoms with E-state index in [9.17, 15) is 9.59 Å². The van der Waals surface area contributed by atoms with Crippen molar-refractivity contribution >= 4 is 34.4 Å². The van der Waals surface area contributed by atoms with Gasteiger partial charge >= 0.3 is 0 Å². The second-order valence-corrected chi connectivity index (χ2v) is 5.10. The van der Waals surface area contributed by atoms with E-state index in [2.05, 4.69) is 40.4 Å². The first kappa shape index (κ1) is 14.9. The molecular weight excluding hydrogens is 343 g/mol. The zero-order valence-electron chi connectivity index (χ0n) is 10.3. The van der Waals surface area contributed by atoms with Gasteiger partial charge in [-0.1, -0.05) is 31.9 Å². The topological polar surface area (TPSA) is 58.2 Å². The van der Waals surface area contributed by atoms with Crippen LogP contribution in [0.1, 0.15) is 43.0 Å². The molecule has 1 rings (SSSR count). The van der Waals surface area contributed by atoms with Gasteiger partial charge in [-0.2, -0.15) is 0 Å². The molecule has 0 aromatic heterocycles. The average Bonchev–Trinajstić information content (AvgIpc) is 2.37. The molecule has 0 saturated heterocycles. The quantitative estimate of drug-likeness (QED) is 0.482. The fourth-order valence-electron chi connectivity index (χ4n) is 1.44. The zero-order chi connectivity index (χ0) is 13.4. The molecule has 2 amide bonds. The van der Waals surface area contributed by atoms with E-state index in [4.69, 9.17) is 0 Å². The van der Waals surface area contributed by atoms with Crippen LogP contribution in [0, 0.1) is 3.57 Å². The van der Waals surface area contributed by atoms with Crippen molar-refractivity contribution in [1.82, 2.24) is 10.9 Å². The highest BCUT2D eigenvalue weighted by atomic mass is 127. The summed E-state index contributed by atoms with van der Waals surface area (Å²) in [4.78, 5) is 23.2. The molecule has 0 aliphatic rings. The third kappa shape index (κ3) is 5.03. The summed E-state index contributed by atoms with van der Waals surface area (Å²) in [6, 6.07) is 7.22. The van der Waals surface area contributed by atoms with Gasteiger partial charge in [-0.25, -0.2) is 0 Å². The molecule has 0 radical (unpaired) electrons. The van der Waals surface area contributed by atoms with Gasteiger partial charge in [0, 0.05) is 9.99 Å². The summed E-state index contributed by atoms with van der Waals surface area (Å²) in [5.41, 5.74) is 5.41. The van der Waals surface area contributed by atoms with Crippen molar-refractivity contribution in [3.05, 3.63) is 33.4 Å². The van der Waals surface area contributed by atoms with Gasteiger partial charge in [-0.05, 0) is 41.1 Å². The summed E-state index contributed by atoms with van der Waals surface area (Å²) in [5.74, 6) is -0.438. The Hall–Kier alpha value is -1.11. The van der Waals surface area contributed by atoms with Gasteiger partial charge in [0.25, 0.3) is 5.91 Å². The molecule has 1 aromatic carbocycles. The predicted octanol–water partition coefficient (Wildman–Crippen LogP) is 2.63. The van der Waals surface area contributed by atoms with E-state index >= 15 is 0 Å². The minimum absolute atomic E-state index is 0.150. The average molecular weight is 360 g/mol. The van der Waals surface area contributed by atoms with Crippen molar-refractivity contribution < 1.29 is 9.59 Å². The van der Waals surface area contributed by atoms with Crippen molar-refractivity contribution in [2.45, 2.75) is 32.6 Å². The fourth-order valence-corrected chi connectivity index (χ4v) is 2.07. The lowest BCUT2D eigenvalue weighted by molar-refractivity contribution is -0.121. The van der Waals surface area contributed by atoms with Gasteiger partial charge in [-0.3, -0.25) is 20.4 Å². The van der Waals surface area contributed by atoms with Gasteiger partial charge in [0.05, 0.1) is 5.56 Å². The lowest BCUT2D eigenvalue weighted by atomic mass is 10.2. The smallest absolute Gasteiger partial charge is 0.270 e. The van der Waals surface area contributed by atoms with Gasteiger partial charge in [0.15, 0.2) is 0 Å². The number of hydrogen-bond donors (Lipinski definition) is 2. The van der Waals surface area contributed by atoms with E-state index in [1.54, 1.807) is 12.1 Å². The van der Waals surface area contributed by atoms with Crippen LogP contribution in [0.4, 0.5) is 0 Å². The second kappa shape index (κ2) is 8.07. The van der Waals surface area contributed by atoms with Crippen LogP contribution in [0.3, 0.4) is 0 Å². The Bertz CT molecular complexity index is 421. The summed E-state index contributed by atoms with van der Waals surface area (Å²) >= 11 is 2.09. The highest BCUT2D eigenvalue weighted by Crippen LogP contribution is 2.10. The van der Waals surface area contributed by atoms with Crippen LogP contribution < -0.4 is 10.9 Å². The van der Waals surface area contributed by atoms with Gasteiger partial charge < -0.3 is 0 Å². The molecule has 98 valence electrons. The maximum Gasteiger partial charge on any atom is 0.270 e. The first-order valence-corrected chi connectivity index (χ1v) is 7.06. The van der Waals surface area contributed by atoms with Crippen LogP contribution in [0.5, 0.6) is 0 Å². The minimum Gasteiger partial charge on any atom is -0.273 e. The predicted molar refractivity (Wildman–Crippen MR) is 78.9 cm³/mol. The third-order valence-corrected chi connectivity index (χ3v) is 3.38. The monoisotopic (exact) mass is 360 g/mol. The molecule has 0 fully saturated rings. The van der Waals surface area contributed by atoms with Crippen LogP contribution in [0.25, 0.3) is 0 Å². The number of hydrazine groups is 1. The Morgan fingerprint density at radius 3 is 2.56 bits per heavy atom. The number of halogens is 1. The van der Waals surface area contributed by atoms with Gasteiger partial charge in [0.1, 0.15) is 0 Å². The number of nitrogens with one attached hydrogen (secondary N) is 2. The summed E-state index contributed by atoms with van der Waals surface area (Å²) in [6.45, 7) is 2.08. The molecule has 0 aliphatic carbocycles. The summed E-state index contributed by atoms with van der Waals surface area (Å²) < 4.78 is 0.854. The standard InChI is InChI=1S/C13H17IN2O2/c1-2-3-4-9-12(17)15-16-13(18)10-7-5-6-8-11(10)14/h5-8H,2-4,9H2,1H3,(H,15,17)(H,16,18). The first-order valence-electron chi connectivity index (χ1n) is 5.99. The Balaban J connectivity index is 2.38. The highest BCUT2D eigenvalue weighted by Gasteiger charge is 2.09. The lowest BCUT2D eigenvalue weighted by Gasteiger charge is -2.08. The Labute approximate surface area is 121 Å². The highest BCUT2D eigenvalue weighted by molar-refractivity contribution is 14.1. The number of unbranched alkanes of at least 4 members (excludes halogenated alkanes) is 2. The van der Waals surface area contributed by atoms with Gasteiger partial charge in [-0.15, -0.1) is 0 Å². The van der Waals surface area contributed by atoms with Gasteiger partial charge in [0.2, 0.25) is 5.91 Å². The van der Waals surface area contributed by atoms with Crippen LogP contribution in [0.2, 0.25) is 0 Å². The number of carbonyl (C=O) groups is 2. The number of hydrogen-bond acceptors (Lipinski definition) is 2. The molecular formula is C13H17IN2O2. The molecule has 1 aromatic rings. The third-order valence-electron chi connectivity index (χ3n) is 2.44. The van der Waals surface area contributed by atoms with E-state index in [0.717, 1.165) is 22.8 Å². The molecule has 0 spiro atoms. The molecule has 2 N–H and O–H groups in total. The molecule has 0 heterocycles. The van der Waals surface area contributed by atoms with Crippen LogP contribution in [-0.2, 0) is 4.79 Å². The van der Waals surface area contributed by atoms with Crippen molar-refractivity contribution in [1.29, 1.82) is 0 Å². The molecule has 18 heavy (non-hydrogen) atoms. The number of rotatable bonds is 5. The van der Waals surface area contributed by atoms with E-state index in [0.29, 0.717) is 12.0 Å². The van der Waals surface area contributed by atoms with Crippen molar-refractivity contribution in [3.8, 4) is 0 Å². The van der Waals surface area contributed by atoms with Crippen LogP contribution >= 0.6 is 22.6 Å². The molecule has 0 saturated carbocycles. The number of carbonyl (C=O) groups excluding carboxylic acids is 2. The van der Waals surface area contributed by atoms with E-state index in [1.807, 2.05) is 12.1 Å². The van der Waals surface area contributed by atoms with E-state index in [-0.39, 0.29) is 11.8 Å². The van der Waals surface area contributed by atoms with Crippen LogP contribution in [-0.4, -0.2) is 11.8 Å². The van der Waals surface area contributed by atoms with Crippen molar-refractivity contribution in [2.75, 3.05) is 0 Å². The maximum absolute atomic E-state index is 11.8. The molecule has 4 nitrogen and oxygen atoms in total. The Kier molecular flexibility index (Phi) is 6.70. The summed E-state index contributed by atoms with van der Waals surface area (Å²) in [7, 11) is 0. The second-order valence-electron chi connectivity index (χ2n) is 3.94. The maximum atomic E-state index is 11.8. The molecule has 0 unspecified atom stereocenters. The van der Waals surface area contributed by atoms with Crippen molar-refractivity contribution in [3.63, 3.8) is 0 Å². The molecule has 5 heteroatoms. The fraction of sp³-hybridized carbons (Fsp3) is 0.385. The first-order chi connectivity index (χ1) is 8.65. The molecule has 0 bridgehead atoms. The SMILES string of the molecule is CCCCCC(=O)NNC(=O)c1ccccc1I. The normalized spacial score (nSPS) is 9.89. The van der Waals surface area contributed by atoms with Crippen LogP contribution in [0.15, 0.2) is 24.3 Å². The Morgan fingerprint density at radius 2 is 1.89 bits per heavy atom. The molecule has 0 aliphatic heterocycles. The van der Waals surface area contributed by atoms with Crippen molar-refractivity contribution in [2.24, 2.45) is 0 Å². The largest absolute Gasteiger partial charge is 0.273 e. The zero-order valence-corrected chi connectivity index (χ0v) is 12.5. The Morgan fingerprint density at radius 1 is 1.17 bits per heavy atom. The lowest BCUT2D eigenvalue weighted by Crippen LogP contribution is -2.41. The van der Waals surface area contributed by atoms with E-state index < -0.39 is 0 Å². The van der Waals surface area contributed by atoms with E-state index in [1.165, 1.54) is 0 Å². The number of benzene rings is 1. The summed E-state index contributed by atoms with van der Waals surface area (Å²) in [6.07, 6.45) is 3.39. The summed E-state index contributed by atoms with van der Waals surface area (Å²) in [5, 5.41) is 0. The number of amides is 2. The minimum atomic E-state index is -0.288. The molecule has 0 atom stereocenters.